The minimum Gasteiger partial charge on any atom is -0.497 e. The van der Waals surface area contributed by atoms with Gasteiger partial charge in [-0.25, -0.2) is 4.79 Å². The fourth-order valence-corrected chi connectivity index (χ4v) is 3.39. The van der Waals surface area contributed by atoms with E-state index in [4.69, 9.17) is 18.3 Å². The summed E-state index contributed by atoms with van der Waals surface area (Å²) in [6.07, 6.45) is -0.808. The van der Waals surface area contributed by atoms with Gasteiger partial charge in [-0.2, -0.15) is 0 Å². The molecule has 2 heterocycles. The highest BCUT2D eigenvalue weighted by atomic mass is 32.2. The number of para-hydroxylation sites is 1. The SMILES string of the molecule is COc1ccc(-c2nnc(SCC(O)COc3cc(=O)oc4ccccc34)o2)cc1. The van der Waals surface area contributed by atoms with Crippen molar-refractivity contribution in [2.75, 3.05) is 19.5 Å². The lowest BCUT2D eigenvalue weighted by Crippen LogP contribution is -2.20. The predicted molar refractivity (Wildman–Crippen MR) is 111 cm³/mol. The Morgan fingerprint density at radius 1 is 1.10 bits per heavy atom. The van der Waals surface area contributed by atoms with Crippen LogP contribution in [0.5, 0.6) is 11.5 Å². The van der Waals surface area contributed by atoms with Crippen LogP contribution in [0.15, 0.2) is 73.4 Å². The number of aliphatic hydroxyl groups is 1. The number of aliphatic hydroxyl groups excluding tert-OH is 1. The van der Waals surface area contributed by atoms with Gasteiger partial charge in [0.15, 0.2) is 0 Å². The summed E-state index contributed by atoms with van der Waals surface area (Å²) in [6, 6.07) is 15.6. The number of rotatable bonds is 8. The summed E-state index contributed by atoms with van der Waals surface area (Å²) in [5.74, 6) is 1.77. The third-order valence-corrected chi connectivity index (χ3v) is 5.15. The smallest absolute Gasteiger partial charge is 0.339 e. The molecule has 1 unspecified atom stereocenters. The Labute approximate surface area is 175 Å². The van der Waals surface area contributed by atoms with E-state index in [1.165, 1.54) is 17.8 Å². The molecular weight excluding hydrogens is 408 g/mol. The second kappa shape index (κ2) is 9.02. The summed E-state index contributed by atoms with van der Waals surface area (Å²) >= 11 is 1.22. The van der Waals surface area contributed by atoms with Gasteiger partial charge in [-0.3, -0.25) is 0 Å². The molecule has 4 rings (SSSR count). The lowest BCUT2D eigenvalue weighted by molar-refractivity contribution is 0.127. The van der Waals surface area contributed by atoms with Gasteiger partial charge in [-0.1, -0.05) is 23.9 Å². The third kappa shape index (κ3) is 4.64. The predicted octanol–water partition coefficient (Wildman–Crippen LogP) is 3.38. The van der Waals surface area contributed by atoms with Crippen LogP contribution >= 0.6 is 11.8 Å². The molecule has 0 aliphatic rings. The van der Waals surface area contributed by atoms with Crippen molar-refractivity contribution in [3.8, 4) is 23.0 Å². The summed E-state index contributed by atoms with van der Waals surface area (Å²) in [7, 11) is 1.60. The van der Waals surface area contributed by atoms with Crippen molar-refractivity contribution in [1.29, 1.82) is 0 Å². The van der Waals surface area contributed by atoms with Gasteiger partial charge in [-0.05, 0) is 36.4 Å². The molecule has 0 saturated heterocycles. The van der Waals surface area contributed by atoms with Crippen LogP contribution in [0.4, 0.5) is 0 Å². The standard InChI is InChI=1S/C21H18N2O6S/c1-26-15-8-6-13(7-9-15)20-22-23-21(29-20)30-12-14(24)11-27-18-10-19(25)28-17-5-3-2-4-16(17)18/h2-10,14,24H,11-12H2,1H3. The summed E-state index contributed by atoms with van der Waals surface area (Å²) in [6.45, 7) is -0.0000776. The van der Waals surface area contributed by atoms with E-state index in [2.05, 4.69) is 10.2 Å². The van der Waals surface area contributed by atoms with Gasteiger partial charge >= 0.3 is 5.63 Å². The summed E-state index contributed by atoms with van der Waals surface area (Å²) < 4.78 is 21.5. The normalized spacial score (nSPS) is 12.1. The van der Waals surface area contributed by atoms with Crippen LogP contribution in [0.25, 0.3) is 22.4 Å². The fourth-order valence-electron chi connectivity index (χ4n) is 2.72. The van der Waals surface area contributed by atoms with Gasteiger partial charge in [0.05, 0.1) is 24.7 Å². The summed E-state index contributed by atoms with van der Waals surface area (Å²) in [4.78, 5) is 11.7. The van der Waals surface area contributed by atoms with Crippen LogP contribution in [0.3, 0.4) is 0 Å². The molecule has 4 aromatic rings. The molecular formula is C21H18N2O6S. The van der Waals surface area contributed by atoms with E-state index in [-0.39, 0.29) is 12.4 Å². The molecule has 1 N–H and O–H groups in total. The highest BCUT2D eigenvalue weighted by Gasteiger charge is 2.14. The van der Waals surface area contributed by atoms with Crippen LogP contribution in [0, 0.1) is 0 Å². The minimum absolute atomic E-state index is 0.0000776. The monoisotopic (exact) mass is 426 g/mol. The van der Waals surface area contributed by atoms with Gasteiger partial charge in [0.1, 0.15) is 23.7 Å². The first-order valence-corrected chi connectivity index (χ1v) is 10.1. The molecule has 0 radical (unpaired) electrons. The maximum Gasteiger partial charge on any atom is 0.339 e. The number of aromatic nitrogens is 2. The quantitative estimate of drug-likeness (QED) is 0.335. The molecule has 8 nitrogen and oxygen atoms in total. The Morgan fingerprint density at radius 3 is 2.70 bits per heavy atom. The van der Waals surface area contributed by atoms with Gasteiger partial charge in [-0.15, -0.1) is 10.2 Å². The van der Waals surface area contributed by atoms with Crippen molar-refractivity contribution in [3.63, 3.8) is 0 Å². The molecule has 0 spiro atoms. The number of fused-ring (bicyclic) bond motifs is 1. The maximum atomic E-state index is 11.7. The van der Waals surface area contributed by atoms with E-state index in [0.717, 1.165) is 11.3 Å². The molecule has 30 heavy (non-hydrogen) atoms. The molecule has 9 heteroatoms. The summed E-state index contributed by atoms with van der Waals surface area (Å²) in [5, 5.41) is 19.3. The second-order valence-electron chi connectivity index (χ2n) is 6.30. The van der Waals surface area contributed by atoms with E-state index in [9.17, 15) is 9.90 Å². The van der Waals surface area contributed by atoms with Crippen molar-refractivity contribution in [3.05, 3.63) is 65.0 Å². The topological polar surface area (TPSA) is 108 Å². The van der Waals surface area contributed by atoms with Gasteiger partial charge in [0.25, 0.3) is 5.22 Å². The molecule has 0 aliphatic carbocycles. The molecule has 0 aliphatic heterocycles. The zero-order chi connectivity index (χ0) is 20.9. The first-order chi connectivity index (χ1) is 14.6. The van der Waals surface area contributed by atoms with E-state index < -0.39 is 11.7 Å². The Hall–Kier alpha value is -3.30. The lowest BCUT2D eigenvalue weighted by atomic mass is 10.2. The van der Waals surface area contributed by atoms with Gasteiger partial charge in [0.2, 0.25) is 5.89 Å². The number of thioether (sulfide) groups is 1. The molecule has 0 bridgehead atoms. The second-order valence-corrected chi connectivity index (χ2v) is 7.27. The van der Waals surface area contributed by atoms with E-state index in [1.54, 1.807) is 37.4 Å². The Kier molecular flexibility index (Phi) is 6.01. The molecule has 0 fully saturated rings. The Bertz CT molecular complexity index is 1190. The number of hydrogen-bond donors (Lipinski definition) is 1. The van der Waals surface area contributed by atoms with Crippen molar-refractivity contribution < 1.29 is 23.4 Å². The van der Waals surface area contributed by atoms with Crippen LogP contribution in [-0.2, 0) is 0 Å². The average Bonchev–Trinajstić information content (AvgIpc) is 3.25. The fraction of sp³-hybridized carbons (Fsp3) is 0.190. The maximum absolute atomic E-state index is 11.7. The largest absolute Gasteiger partial charge is 0.497 e. The minimum atomic E-state index is -0.808. The van der Waals surface area contributed by atoms with Crippen molar-refractivity contribution in [2.45, 2.75) is 11.3 Å². The molecule has 154 valence electrons. The number of benzene rings is 2. The average molecular weight is 426 g/mol. The lowest BCUT2D eigenvalue weighted by Gasteiger charge is -2.12. The molecule has 2 aromatic heterocycles. The molecule has 0 amide bonds. The van der Waals surface area contributed by atoms with Crippen LogP contribution in [0.1, 0.15) is 0 Å². The van der Waals surface area contributed by atoms with E-state index in [1.807, 2.05) is 18.2 Å². The highest BCUT2D eigenvalue weighted by molar-refractivity contribution is 7.99. The third-order valence-electron chi connectivity index (χ3n) is 4.19. The number of ether oxygens (including phenoxy) is 2. The zero-order valence-corrected chi connectivity index (χ0v) is 16.8. The van der Waals surface area contributed by atoms with Gasteiger partial charge in [0, 0.05) is 11.3 Å². The number of nitrogens with zero attached hydrogens (tertiary/aromatic N) is 2. The molecule has 1 atom stereocenters. The summed E-state index contributed by atoms with van der Waals surface area (Å²) in [5.41, 5.74) is 0.694. The van der Waals surface area contributed by atoms with Gasteiger partial charge < -0.3 is 23.4 Å². The number of methoxy groups -OCH3 is 1. The van der Waals surface area contributed by atoms with E-state index >= 15 is 0 Å². The Balaban J connectivity index is 1.34. The Morgan fingerprint density at radius 2 is 1.90 bits per heavy atom. The first kappa shape index (κ1) is 20.0. The molecule has 0 saturated carbocycles. The van der Waals surface area contributed by atoms with E-state index in [0.29, 0.717) is 27.8 Å². The number of hydrogen-bond acceptors (Lipinski definition) is 9. The zero-order valence-electron chi connectivity index (χ0n) is 16.0. The van der Waals surface area contributed by atoms with Crippen molar-refractivity contribution in [2.24, 2.45) is 0 Å². The van der Waals surface area contributed by atoms with Crippen molar-refractivity contribution in [1.82, 2.24) is 10.2 Å². The van der Waals surface area contributed by atoms with Crippen LogP contribution in [0.2, 0.25) is 0 Å². The highest BCUT2D eigenvalue weighted by Crippen LogP contribution is 2.26. The first-order valence-electron chi connectivity index (χ1n) is 9.07. The van der Waals surface area contributed by atoms with Crippen LogP contribution < -0.4 is 15.1 Å². The van der Waals surface area contributed by atoms with Crippen LogP contribution in [-0.4, -0.2) is 40.9 Å². The van der Waals surface area contributed by atoms with Crippen molar-refractivity contribution >= 4 is 22.7 Å². The molecule has 2 aromatic carbocycles.